The predicted molar refractivity (Wildman–Crippen MR) is 107 cm³/mol. The van der Waals surface area contributed by atoms with E-state index in [1.54, 1.807) is 42.5 Å². The monoisotopic (exact) mass is 403 g/mol. The number of ether oxygens (including phenoxy) is 1. The van der Waals surface area contributed by atoms with E-state index >= 15 is 0 Å². The molecule has 2 N–H and O–H groups in total. The molecule has 0 saturated carbocycles. The number of sulfonamides is 1. The minimum atomic E-state index is -3.36. The fraction of sp³-hybridized carbons (Fsp3) is 0.200. The summed E-state index contributed by atoms with van der Waals surface area (Å²) in [6.07, 6.45) is 2.94. The average molecular weight is 403 g/mol. The zero-order valence-corrected chi connectivity index (χ0v) is 16.1. The molecule has 0 fully saturated rings. The van der Waals surface area contributed by atoms with Crippen LogP contribution in [0, 0.1) is 0 Å². The Hall–Kier alpha value is -3.13. The number of carboxylic acids is 1. The van der Waals surface area contributed by atoms with E-state index in [0.29, 0.717) is 17.0 Å². The van der Waals surface area contributed by atoms with Gasteiger partial charge in [0.25, 0.3) is 0 Å². The van der Waals surface area contributed by atoms with Gasteiger partial charge in [-0.3, -0.25) is 14.3 Å². The summed E-state index contributed by atoms with van der Waals surface area (Å²) >= 11 is 0. The number of rotatable bonds is 10. The number of carbonyl (C=O) groups is 2. The molecular formula is C20H21NO6S. The second-order valence-corrected chi connectivity index (χ2v) is 7.86. The Balaban J connectivity index is 2.00. The summed E-state index contributed by atoms with van der Waals surface area (Å²) in [4.78, 5) is 22.8. The third-order valence-electron chi connectivity index (χ3n) is 3.69. The molecule has 2 aromatic rings. The van der Waals surface area contributed by atoms with Crippen molar-refractivity contribution in [3.05, 3.63) is 65.7 Å². The number of allylic oxidation sites excluding steroid dienone is 1. The van der Waals surface area contributed by atoms with Gasteiger partial charge in [0.15, 0.2) is 5.78 Å². The van der Waals surface area contributed by atoms with E-state index in [9.17, 15) is 18.0 Å². The lowest BCUT2D eigenvalue weighted by molar-refractivity contribution is -0.137. The van der Waals surface area contributed by atoms with Crippen LogP contribution in [0.1, 0.15) is 29.3 Å². The molecule has 0 radical (unpaired) electrons. The molecule has 0 aromatic heterocycles. The average Bonchev–Trinajstić information content (AvgIpc) is 2.66. The topological polar surface area (TPSA) is 110 Å². The van der Waals surface area contributed by atoms with E-state index in [0.717, 1.165) is 5.56 Å². The van der Waals surface area contributed by atoms with E-state index in [4.69, 9.17) is 9.84 Å². The molecule has 0 spiro atoms. The Bertz CT molecular complexity index is 964. The van der Waals surface area contributed by atoms with E-state index in [1.807, 2.05) is 0 Å². The fourth-order valence-corrected chi connectivity index (χ4v) is 2.83. The number of nitrogens with one attached hydrogen (secondary N) is 1. The summed E-state index contributed by atoms with van der Waals surface area (Å²) in [5.41, 5.74) is 1.55. The van der Waals surface area contributed by atoms with Crippen LogP contribution in [0.3, 0.4) is 0 Å². The SMILES string of the molecule is CCS(=O)(=O)Nc1ccc(C(=O)/C=C/c2cccc(OCCC(=O)O)c2)cc1. The van der Waals surface area contributed by atoms with Gasteiger partial charge in [0.2, 0.25) is 10.0 Å². The van der Waals surface area contributed by atoms with Gasteiger partial charge in [-0.15, -0.1) is 0 Å². The van der Waals surface area contributed by atoms with Crippen molar-refractivity contribution in [2.45, 2.75) is 13.3 Å². The highest BCUT2D eigenvalue weighted by Crippen LogP contribution is 2.16. The first-order chi connectivity index (χ1) is 13.3. The summed E-state index contributed by atoms with van der Waals surface area (Å²) in [7, 11) is -3.36. The van der Waals surface area contributed by atoms with Crippen LogP contribution in [0.25, 0.3) is 6.08 Å². The van der Waals surface area contributed by atoms with Crippen molar-refractivity contribution in [3.63, 3.8) is 0 Å². The largest absolute Gasteiger partial charge is 0.493 e. The van der Waals surface area contributed by atoms with Gasteiger partial charge in [-0.2, -0.15) is 0 Å². The van der Waals surface area contributed by atoms with E-state index in [1.165, 1.54) is 25.1 Å². The second-order valence-electron chi connectivity index (χ2n) is 5.85. The molecule has 148 valence electrons. The first-order valence-corrected chi connectivity index (χ1v) is 10.2. The molecule has 0 heterocycles. The van der Waals surface area contributed by atoms with Gasteiger partial charge in [-0.05, 0) is 55.0 Å². The van der Waals surface area contributed by atoms with Crippen molar-refractivity contribution in [3.8, 4) is 5.75 Å². The molecule has 0 unspecified atom stereocenters. The fourth-order valence-electron chi connectivity index (χ4n) is 2.19. The Morgan fingerprint density at radius 2 is 1.86 bits per heavy atom. The van der Waals surface area contributed by atoms with Gasteiger partial charge in [-0.25, -0.2) is 8.42 Å². The van der Waals surface area contributed by atoms with Crippen LogP contribution < -0.4 is 9.46 Å². The first-order valence-electron chi connectivity index (χ1n) is 8.56. The predicted octanol–water partition coefficient (Wildman–Crippen LogP) is 3.20. The van der Waals surface area contributed by atoms with Crippen LogP contribution in [0.15, 0.2) is 54.6 Å². The van der Waals surface area contributed by atoms with Crippen molar-refractivity contribution in [1.82, 2.24) is 0 Å². The van der Waals surface area contributed by atoms with E-state index in [2.05, 4.69) is 4.72 Å². The first kappa shape index (κ1) is 21.2. The number of ketones is 1. The van der Waals surface area contributed by atoms with Crippen LogP contribution in [0.2, 0.25) is 0 Å². The van der Waals surface area contributed by atoms with Gasteiger partial charge in [0.1, 0.15) is 5.75 Å². The van der Waals surface area contributed by atoms with Gasteiger partial charge >= 0.3 is 5.97 Å². The molecule has 0 atom stereocenters. The number of carbonyl (C=O) groups excluding carboxylic acids is 1. The zero-order chi connectivity index (χ0) is 20.6. The maximum absolute atomic E-state index is 12.3. The third-order valence-corrected chi connectivity index (χ3v) is 5.00. The molecule has 2 rings (SSSR count). The van der Waals surface area contributed by atoms with Crippen molar-refractivity contribution >= 4 is 33.5 Å². The molecule has 28 heavy (non-hydrogen) atoms. The lowest BCUT2D eigenvalue weighted by Gasteiger charge is -2.06. The zero-order valence-electron chi connectivity index (χ0n) is 15.3. The summed E-state index contributed by atoms with van der Waals surface area (Å²) in [6, 6.07) is 13.1. The molecule has 0 aliphatic heterocycles. The molecule has 0 aliphatic carbocycles. The van der Waals surface area contributed by atoms with Gasteiger partial charge < -0.3 is 9.84 Å². The third kappa shape index (κ3) is 6.88. The van der Waals surface area contributed by atoms with E-state index < -0.39 is 16.0 Å². The summed E-state index contributed by atoms with van der Waals surface area (Å²) in [5, 5.41) is 8.62. The van der Waals surface area contributed by atoms with Crippen molar-refractivity contribution in [2.24, 2.45) is 0 Å². The molecule has 7 nitrogen and oxygen atoms in total. The molecular weight excluding hydrogens is 382 g/mol. The highest BCUT2D eigenvalue weighted by molar-refractivity contribution is 7.92. The molecule has 8 heteroatoms. The highest BCUT2D eigenvalue weighted by atomic mass is 32.2. The lowest BCUT2D eigenvalue weighted by atomic mass is 10.1. The molecule has 2 aromatic carbocycles. The Morgan fingerprint density at radius 1 is 1.14 bits per heavy atom. The smallest absolute Gasteiger partial charge is 0.306 e. The number of hydrogen-bond donors (Lipinski definition) is 2. The molecule has 0 bridgehead atoms. The molecule has 0 aliphatic rings. The number of aliphatic carboxylic acids is 1. The lowest BCUT2D eigenvalue weighted by Crippen LogP contribution is -2.14. The van der Waals surface area contributed by atoms with Crippen LogP contribution in [0.5, 0.6) is 5.75 Å². The summed E-state index contributed by atoms with van der Waals surface area (Å²) in [6.45, 7) is 1.60. The minimum absolute atomic E-state index is 0.0322. The Morgan fingerprint density at radius 3 is 2.50 bits per heavy atom. The Labute approximate surface area is 163 Å². The van der Waals surface area contributed by atoms with Crippen LogP contribution >= 0.6 is 0 Å². The van der Waals surface area contributed by atoms with Crippen LogP contribution in [0.4, 0.5) is 5.69 Å². The van der Waals surface area contributed by atoms with E-state index in [-0.39, 0.29) is 24.6 Å². The number of anilines is 1. The maximum Gasteiger partial charge on any atom is 0.306 e. The van der Waals surface area contributed by atoms with Crippen molar-refractivity contribution < 1.29 is 27.9 Å². The summed E-state index contributed by atoms with van der Waals surface area (Å²) < 4.78 is 30.9. The van der Waals surface area contributed by atoms with Crippen LogP contribution in [-0.2, 0) is 14.8 Å². The Kier molecular flexibility index (Phi) is 7.34. The number of benzene rings is 2. The standard InChI is InChI=1S/C20H21NO6S/c1-2-28(25,26)21-17-9-7-16(8-10-17)19(22)11-6-15-4-3-5-18(14-15)27-13-12-20(23)24/h3-11,14,21H,2,12-13H2,1H3,(H,23,24)/b11-6+. The number of carboxylic acid groups (broad SMARTS) is 1. The van der Waals surface area contributed by atoms with Crippen molar-refractivity contribution in [2.75, 3.05) is 17.1 Å². The van der Waals surface area contributed by atoms with Gasteiger partial charge in [-0.1, -0.05) is 18.2 Å². The quantitative estimate of drug-likeness (QED) is 0.466. The normalized spacial score (nSPS) is 11.3. The van der Waals surface area contributed by atoms with Gasteiger partial charge in [0.05, 0.1) is 18.8 Å². The maximum atomic E-state index is 12.3. The minimum Gasteiger partial charge on any atom is -0.493 e. The summed E-state index contributed by atoms with van der Waals surface area (Å²) in [5.74, 6) is -0.684. The molecule has 0 amide bonds. The molecule has 0 saturated heterocycles. The number of hydrogen-bond acceptors (Lipinski definition) is 5. The van der Waals surface area contributed by atoms with Crippen LogP contribution in [-0.4, -0.2) is 37.6 Å². The van der Waals surface area contributed by atoms with Crippen molar-refractivity contribution in [1.29, 1.82) is 0 Å². The van der Waals surface area contributed by atoms with Gasteiger partial charge in [0, 0.05) is 11.3 Å². The highest BCUT2D eigenvalue weighted by Gasteiger charge is 2.08. The second kappa shape index (κ2) is 9.70.